The van der Waals surface area contributed by atoms with Crippen molar-refractivity contribution in [2.75, 3.05) is 25.0 Å². The van der Waals surface area contributed by atoms with Gasteiger partial charge in [0.25, 0.3) is 0 Å². The van der Waals surface area contributed by atoms with Crippen LogP contribution >= 0.6 is 0 Å². The van der Waals surface area contributed by atoms with Crippen LogP contribution in [-0.4, -0.2) is 35.4 Å². The van der Waals surface area contributed by atoms with Crippen LogP contribution in [0.2, 0.25) is 0 Å². The van der Waals surface area contributed by atoms with Gasteiger partial charge in [-0.05, 0) is 35.4 Å². The van der Waals surface area contributed by atoms with Crippen molar-refractivity contribution in [3.63, 3.8) is 0 Å². The van der Waals surface area contributed by atoms with Gasteiger partial charge in [-0.2, -0.15) is 0 Å². The maximum absolute atomic E-state index is 6.10. The molecule has 2 heterocycles. The summed E-state index contributed by atoms with van der Waals surface area (Å²) in [7, 11) is 2.12. The summed E-state index contributed by atoms with van der Waals surface area (Å²) >= 11 is 0. The average molecular weight is 449 g/mol. The van der Waals surface area contributed by atoms with Gasteiger partial charge in [-0.1, -0.05) is 66.7 Å². The van der Waals surface area contributed by atoms with E-state index < -0.39 is 0 Å². The first kappa shape index (κ1) is 21.7. The second-order valence-corrected chi connectivity index (χ2v) is 8.36. The lowest BCUT2D eigenvalue weighted by Crippen LogP contribution is -2.20. The first-order chi connectivity index (χ1) is 16.8. The van der Waals surface area contributed by atoms with Crippen molar-refractivity contribution in [1.29, 1.82) is 0 Å². The first-order valence-electron chi connectivity index (χ1n) is 11.6. The van der Waals surface area contributed by atoms with Crippen molar-refractivity contribution < 1.29 is 4.74 Å². The summed E-state index contributed by atoms with van der Waals surface area (Å²) in [5, 5.41) is 0. The first-order valence-corrected chi connectivity index (χ1v) is 11.6. The van der Waals surface area contributed by atoms with Crippen LogP contribution in [0.4, 0.5) is 5.69 Å². The van der Waals surface area contributed by atoms with Gasteiger partial charge in [0.05, 0.1) is 12.3 Å². The number of likely N-dealkylation sites (N-methyl/N-ethyl adjacent to an activating group) is 1. The number of benzene rings is 3. The summed E-state index contributed by atoms with van der Waals surface area (Å²) in [6, 6.07) is 26.9. The third-order valence-corrected chi connectivity index (χ3v) is 5.97. The van der Waals surface area contributed by atoms with Gasteiger partial charge >= 0.3 is 0 Å². The van der Waals surface area contributed by atoms with Gasteiger partial charge in [0.1, 0.15) is 18.2 Å². The smallest absolute Gasteiger partial charge is 0.147 e. The molecule has 5 heteroatoms. The molecule has 1 aliphatic rings. The molecule has 0 saturated heterocycles. The molecule has 1 aromatic heterocycles. The molecule has 0 atom stereocenters. The second-order valence-electron chi connectivity index (χ2n) is 8.36. The molecule has 5 nitrogen and oxygen atoms in total. The number of benzodiazepines with no additional fused rings is 1. The highest BCUT2D eigenvalue weighted by Crippen LogP contribution is 2.23. The van der Waals surface area contributed by atoms with Crippen LogP contribution in [0.5, 0.6) is 5.75 Å². The monoisotopic (exact) mass is 448 g/mol. The molecule has 0 aliphatic carbocycles. The van der Waals surface area contributed by atoms with Gasteiger partial charge in [-0.25, -0.2) is 4.98 Å². The Labute approximate surface area is 200 Å². The Morgan fingerprint density at radius 2 is 1.79 bits per heavy atom. The highest BCUT2D eigenvalue weighted by atomic mass is 16.5. The van der Waals surface area contributed by atoms with Crippen molar-refractivity contribution in [3.05, 3.63) is 120 Å². The van der Waals surface area contributed by atoms with Crippen molar-refractivity contribution in [2.24, 2.45) is 4.99 Å². The van der Waals surface area contributed by atoms with Crippen molar-refractivity contribution in [1.82, 2.24) is 9.55 Å². The van der Waals surface area contributed by atoms with E-state index in [-0.39, 0.29) is 0 Å². The van der Waals surface area contributed by atoms with Crippen molar-refractivity contribution >= 4 is 17.5 Å². The Bertz CT molecular complexity index is 1310. The van der Waals surface area contributed by atoms with Gasteiger partial charge in [0.15, 0.2) is 0 Å². The molecular weight excluding hydrogens is 420 g/mol. The molecule has 0 amide bonds. The number of allylic oxidation sites excluding steroid dienone is 1. The van der Waals surface area contributed by atoms with E-state index in [0.717, 1.165) is 48.0 Å². The maximum atomic E-state index is 6.10. The van der Waals surface area contributed by atoms with Gasteiger partial charge in [0, 0.05) is 43.8 Å². The number of anilines is 1. The lowest BCUT2D eigenvalue weighted by Gasteiger charge is -2.18. The predicted octanol–water partition coefficient (Wildman–Crippen LogP) is 5.46. The normalized spacial score (nSPS) is 13.4. The zero-order valence-electron chi connectivity index (χ0n) is 19.3. The van der Waals surface area contributed by atoms with E-state index >= 15 is 0 Å². The lowest BCUT2D eigenvalue weighted by molar-refractivity contribution is 0.290. The quantitative estimate of drug-likeness (QED) is 0.377. The Kier molecular flexibility index (Phi) is 6.52. The minimum Gasteiger partial charge on any atom is -0.486 e. The Morgan fingerprint density at radius 1 is 0.941 bits per heavy atom. The van der Waals surface area contributed by atoms with Crippen LogP contribution in [0.25, 0.3) is 6.08 Å². The number of rotatable bonds is 7. The minimum absolute atomic E-state index is 0.416. The average Bonchev–Trinajstić information content (AvgIpc) is 3.25. The number of imidazole rings is 1. The van der Waals surface area contributed by atoms with Crippen LogP contribution in [-0.2, 0) is 13.2 Å². The highest BCUT2D eigenvalue weighted by molar-refractivity contribution is 6.14. The Balaban J connectivity index is 1.27. The topological polar surface area (TPSA) is 42.6 Å². The van der Waals surface area contributed by atoms with Crippen LogP contribution < -0.4 is 9.64 Å². The molecular formula is C29H28N4O. The third kappa shape index (κ3) is 5.09. The SMILES string of the molecule is CN1CCN=C(C=Cc2cccc(OCc3nccn3Cc3ccccc3)c2)c2ccccc21. The maximum Gasteiger partial charge on any atom is 0.147 e. The largest absolute Gasteiger partial charge is 0.486 e. The predicted molar refractivity (Wildman–Crippen MR) is 139 cm³/mol. The molecule has 0 saturated carbocycles. The molecule has 34 heavy (non-hydrogen) atoms. The van der Waals surface area contributed by atoms with Crippen molar-refractivity contribution in [3.8, 4) is 5.75 Å². The van der Waals surface area contributed by atoms with Crippen LogP contribution in [0.3, 0.4) is 0 Å². The molecule has 0 unspecified atom stereocenters. The van der Waals surface area contributed by atoms with Crippen LogP contribution in [0.15, 0.2) is 102 Å². The zero-order chi connectivity index (χ0) is 23.2. The minimum atomic E-state index is 0.416. The number of ether oxygens (including phenoxy) is 1. The van der Waals surface area contributed by atoms with Crippen LogP contribution in [0.1, 0.15) is 22.5 Å². The molecule has 0 N–H and O–H groups in total. The number of aromatic nitrogens is 2. The van der Waals surface area contributed by atoms with Gasteiger partial charge < -0.3 is 14.2 Å². The van der Waals surface area contributed by atoms with E-state index in [1.807, 2.05) is 30.6 Å². The van der Waals surface area contributed by atoms with Gasteiger partial charge in [0.2, 0.25) is 0 Å². The van der Waals surface area contributed by atoms with Crippen molar-refractivity contribution in [2.45, 2.75) is 13.2 Å². The second kappa shape index (κ2) is 10.2. The summed E-state index contributed by atoms with van der Waals surface area (Å²) in [4.78, 5) is 11.6. The summed E-state index contributed by atoms with van der Waals surface area (Å²) < 4.78 is 8.22. The van der Waals surface area contributed by atoms with Gasteiger partial charge in [-0.3, -0.25) is 4.99 Å². The molecule has 3 aromatic carbocycles. The number of aliphatic imine (C=N–C) groups is 1. The Hall–Kier alpha value is -4.12. The third-order valence-electron chi connectivity index (χ3n) is 5.97. The highest BCUT2D eigenvalue weighted by Gasteiger charge is 2.13. The molecule has 0 spiro atoms. The number of para-hydroxylation sites is 1. The lowest BCUT2D eigenvalue weighted by atomic mass is 10.1. The molecule has 0 bridgehead atoms. The summed E-state index contributed by atoms with van der Waals surface area (Å²) in [5.41, 5.74) is 5.70. The molecule has 5 rings (SSSR count). The Morgan fingerprint density at radius 3 is 2.71 bits per heavy atom. The number of nitrogens with zero attached hydrogens (tertiary/aromatic N) is 4. The summed E-state index contributed by atoms with van der Waals surface area (Å²) in [6.45, 7) is 2.89. The van der Waals surface area contributed by atoms with E-state index in [1.54, 1.807) is 0 Å². The fraction of sp³-hybridized carbons (Fsp3) is 0.172. The summed E-state index contributed by atoms with van der Waals surface area (Å²) in [6.07, 6.45) is 8.02. The van der Waals surface area contributed by atoms with Crippen LogP contribution in [0, 0.1) is 0 Å². The molecule has 0 radical (unpaired) electrons. The molecule has 170 valence electrons. The number of fused-ring (bicyclic) bond motifs is 1. The number of hydrogen-bond acceptors (Lipinski definition) is 4. The summed E-state index contributed by atoms with van der Waals surface area (Å²) in [5.74, 6) is 1.72. The fourth-order valence-corrected chi connectivity index (χ4v) is 4.13. The van der Waals surface area contributed by atoms with E-state index in [0.29, 0.717) is 6.61 Å². The zero-order valence-corrected chi connectivity index (χ0v) is 19.3. The van der Waals surface area contributed by atoms with E-state index in [2.05, 4.69) is 94.3 Å². The molecule has 0 fully saturated rings. The number of hydrogen-bond donors (Lipinski definition) is 0. The van der Waals surface area contributed by atoms with E-state index in [1.165, 1.54) is 11.3 Å². The fourth-order valence-electron chi connectivity index (χ4n) is 4.13. The van der Waals surface area contributed by atoms with E-state index in [9.17, 15) is 0 Å². The van der Waals surface area contributed by atoms with Gasteiger partial charge in [-0.15, -0.1) is 0 Å². The molecule has 4 aromatic rings. The standard InChI is InChI=1S/C29H28N4O/c1-32-18-16-30-27(26-12-5-6-13-28(26)32)15-14-23-10-7-11-25(20-23)34-22-29-31-17-19-33(29)21-24-8-3-2-4-9-24/h2-15,17,19-20H,16,18,21-22H2,1H3. The molecule has 1 aliphatic heterocycles. The van der Waals surface area contributed by atoms with E-state index in [4.69, 9.17) is 9.73 Å².